The molecule has 0 aliphatic carbocycles. The number of hydrogen-bond acceptors (Lipinski definition) is 3. The van der Waals surface area contributed by atoms with Gasteiger partial charge in [0.1, 0.15) is 0 Å². The van der Waals surface area contributed by atoms with Gasteiger partial charge in [-0.15, -0.1) is 0 Å². The lowest BCUT2D eigenvalue weighted by Gasteiger charge is -2.33. The van der Waals surface area contributed by atoms with Crippen LogP contribution in [-0.2, 0) is 6.54 Å². The number of hydrogen-bond donors (Lipinski definition) is 3. The van der Waals surface area contributed by atoms with E-state index >= 15 is 0 Å². The molecule has 3 N–H and O–H groups in total. The molecule has 0 aromatic heterocycles. The molecule has 2 amide bonds. The van der Waals surface area contributed by atoms with Crippen LogP contribution in [0, 0.1) is 12.8 Å². The van der Waals surface area contributed by atoms with Crippen molar-refractivity contribution in [1.82, 2.24) is 5.32 Å². The van der Waals surface area contributed by atoms with Crippen molar-refractivity contribution in [3.63, 3.8) is 0 Å². The number of urea groups is 1. The van der Waals surface area contributed by atoms with Crippen LogP contribution in [-0.4, -0.2) is 30.8 Å². The number of amides is 2. The number of carbonyl (C=O) groups is 1. The molecule has 0 bridgehead atoms. The van der Waals surface area contributed by atoms with Gasteiger partial charge in [0.2, 0.25) is 0 Å². The standard InChI is InChI=1S/C24H33N3O2/c1-17(2)22-6-4-5-18(3)23(22)26-24(29)25-15-19-7-9-21(10-8-19)27-13-11-20(16-28)12-14-27/h4-10,17,20,28H,11-16H2,1-3H3,(H2,25,26,29). The van der Waals surface area contributed by atoms with E-state index in [0.29, 0.717) is 25.0 Å². The fourth-order valence-corrected chi connectivity index (χ4v) is 3.88. The molecule has 3 rings (SSSR count). The lowest BCUT2D eigenvalue weighted by atomic mass is 9.97. The molecule has 29 heavy (non-hydrogen) atoms. The molecule has 0 saturated carbocycles. The van der Waals surface area contributed by atoms with E-state index in [0.717, 1.165) is 48.3 Å². The third kappa shape index (κ3) is 5.51. The highest BCUT2D eigenvalue weighted by Gasteiger charge is 2.18. The number of nitrogens with one attached hydrogen (secondary N) is 2. The van der Waals surface area contributed by atoms with Crippen LogP contribution in [0.5, 0.6) is 0 Å². The average Bonchev–Trinajstić information content (AvgIpc) is 2.74. The third-order valence-corrected chi connectivity index (χ3v) is 5.79. The van der Waals surface area contributed by atoms with Crippen molar-refractivity contribution in [3.8, 4) is 0 Å². The molecule has 0 radical (unpaired) electrons. The van der Waals surface area contributed by atoms with E-state index in [1.807, 2.05) is 19.1 Å². The molecule has 156 valence electrons. The molecule has 2 aromatic rings. The molecule has 1 aliphatic rings. The molecule has 1 fully saturated rings. The van der Waals surface area contributed by atoms with Crippen LogP contribution in [0.2, 0.25) is 0 Å². The summed E-state index contributed by atoms with van der Waals surface area (Å²) in [6, 6.07) is 14.3. The number of carbonyl (C=O) groups excluding carboxylic acids is 1. The summed E-state index contributed by atoms with van der Waals surface area (Å²) in [7, 11) is 0. The Balaban J connectivity index is 1.54. The Hall–Kier alpha value is -2.53. The summed E-state index contributed by atoms with van der Waals surface area (Å²) in [4.78, 5) is 14.8. The number of piperidine rings is 1. The van der Waals surface area contributed by atoms with Gasteiger partial charge in [0.25, 0.3) is 0 Å². The van der Waals surface area contributed by atoms with Gasteiger partial charge >= 0.3 is 6.03 Å². The fraction of sp³-hybridized carbons (Fsp3) is 0.458. The number of aliphatic hydroxyl groups is 1. The summed E-state index contributed by atoms with van der Waals surface area (Å²) in [5.74, 6) is 0.790. The Morgan fingerprint density at radius 3 is 2.45 bits per heavy atom. The molecule has 0 unspecified atom stereocenters. The number of rotatable bonds is 6. The molecule has 1 saturated heterocycles. The zero-order chi connectivity index (χ0) is 20.8. The Kier molecular flexibility index (Phi) is 7.15. The van der Waals surface area contributed by atoms with E-state index in [1.165, 1.54) is 5.69 Å². The summed E-state index contributed by atoms with van der Waals surface area (Å²) >= 11 is 0. The zero-order valence-corrected chi connectivity index (χ0v) is 17.7. The van der Waals surface area contributed by atoms with E-state index in [9.17, 15) is 9.90 Å². The van der Waals surface area contributed by atoms with Gasteiger partial charge in [-0.1, -0.05) is 44.2 Å². The average molecular weight is 396 g/mol. The van der Waals surface area contributed by atoms with Crippen LogP contribution >= 0.6 is 0 Å². The molecule has 5 nitrogen and oxygen atoms in total. The van der Waals surface area contributed by atoms with Crippen molar-refractivity contribution < 1.29 is 9.90 Å². The number of nitrogens with zero attached hydrogens (tertiary/aromatic N) is 1. The minimum absolute atomic E-state index is 0.184. The minimum Gasteiger partial charge on any atom is -0.396 e. The van der Waals surface area contributed by atoms with Gasteiger partial charge < -0.3 is 20.6 Å². The monoisotopic (exact) mass is 395 g/mol. The van der Waals surface area contributed by atoms with Gasteiger partial charge in [0.05, 0.1) is 0 Å². The summed E-state index contributed by atoms with van der Waals surface area (Å²) in [5.41, 5.74) is 5.40. The summed E-state index contributed by atoms with van der Waals surface area (Å²) in [6.07, 6.45) is 2.08. The van der Waals surface area contributed by atoms with Crippen molar-refractivity contribution in [2.24, 2.45) is 5.92 Å². The molecule has 2 aromatic carbocycles. The van der Waals surface area contributed by atoms with Crippen LogP contribution in [0.1, 0.15) is 49.3 Å². The first kappa shape index (κ1) is 21.2. The highest BCUT2D eigenvalue weighted by atomic mass is 16.3. The van der Waals surface area contributed by atoms with Crippen LogP contribution in [0.25, 0.3) is 0 Å². The Morgan fingerprint density at radius 2 is 1.83 bits per heavy atom. The lowest BCUT2D eigenvalue weighted by Crippen LogP contribution is -2.34. The first-order valence-electron chi connectivity index (χ1n) is 10.6. The number of benzene rings is 2. The number of anilines is 2. The van der Waals surface area contributed by atoms with E-state index < -0.39 is 0 Å². The predicted octanol–water partition coefficient (Wildman–Crippen LogP) is 4.65. The van der Waals surface area contributed by atoms with Crippen molar-refractivity contribution in [2.45, 2.75) is 46.1 Å². The van der Waals surface area contributed by atoms with Gasteiger partial charge in [-0.25, -0.2) is 4.79 Å². The number of para-hydroxylation sites is 1. The normalized spacial score (nSPS) is 14.9. The zero-order valence-electron chi connectivity index (χ0n) is 17.7. The first-order chi connectivity index (χ1) is 14.0. The van der Waals surface area contributed by atoms with Crippen LogP contribution in [0.15, 0.2) is 42.5 Å². The van der Waals surface area contributed by atoms with Crippen molar-refractivity contribution in [3.05, 3.63) is 59.2 Å². The summed E-state index contributed by atoms with van der Waals surface area (Å²) in [6.45, 7) is 9.03. The number of aliphatic hydroxyl groups excluding tert-OH is 1. The fourth-order valence-electron chi connectivity index (χ4n) is 3.88. The Morgan fingerprint density at radius 1 is 1.14 bits per heavy atom. The highest BCUT2D eigenvalue weighted by Crippen LogP contribution is 2.27. The van der Waals surface area contributed by atoms with Gasteiger partial charge in [-0.05, 0) is 60.4 Å². The van der Waals surface area contributed by atoms with Crippen molar-refractivity contribution >= 4 is 17.4 Å². The lowest BCUT2D eigenvalue weighted by molar-refractivity contribution is 0.203. The molecule has 1 heterocycles. The highest BCUT2D eigenvalue weighted by molar-refractivity contribution is 5.91. The van der Waals surface area contributed by atoms with E-state index in [4.69, 9.17) is 0 Å². The van der Waals surface area contributed by atoms with Crippen LogP contribution in [0.4, 0.5) is 16.2 Å². The Bertz CT molecular complexity index is 809. The predicted molar refractivity (Wildman–Crippen MR) is 120 cm³/mol. The van der Waals surface area contributed by atoms with Gasteiger partial charge in [0, 0.05) is 37.6 Å². The van der Waals surface area contributed by atoms with E-state index in [-0.39, 0.29) is 6.03 Å². The second-order valence-electron chi connectivity index (χ2n) is 8.28. The van der Waals surface area contributed by atoms with Crippen molar-refractivity contribution in [2.75, 3.05) is 29.9 Å². The van der Waals surface area contributed by atoms with E-state index in [2.05, 4.69) is 59.7 Å². The van der Waals surface area contributed by atoms with Crippen LogP contribution in [0.3, 0.4) is 0 Å². The van der Waals surface area contributed by atoms with Gasteiger partial charge in [0.15, 0.2) is 0 Å². The molecular formula is C24H33N3O2. The Labute approximate surface area is 174 Å². The molecule has 1 aliphatic heterocycles. The quantitative estimate of drug-likeness (QED) is 0.667. The second-order valence-corrected chi connectivity index (χ2v) is 8.28. The SMILES string of the molecule is Cc1cccc(C(C)C)c1NC(=O)NCc1ccc(N2CCC(CO)CC2)cc1. The maximum Gasteiger partial charge on any atom is 0.319 e. The smallest absolute Gasteiger partial charge is 0.319 e. The van der Waals surface area contributed by atoms with Crippen LogP contribution < -0.4 is 15.5 Å². The van der Waals surface area contributed by atoms with Crippen molar-refractivity contribution in [1.29, 1.82) is 0 Å². The van der Waals surface area contributed by atoms with Gasteiger partial charge in [-0.3, -0.25) is 0 Å². The second kappa shape index (κ2) is 9.79. The molecule has 5 heteroatoms. The summed E-state index contributed by atoms with van der Waals surface area (Å²) < 4.78 is 0. The summed E-state index contributed by atoms with van der Waals surface area (Å²) in [5, 5.41) is 15.3. The first-order valence-corrected chi connectivity index (χ1v) is 10.6. The molecule has 0 atom stereocenters. The third-order valence-electron chi connectivity index (χ3n) is 5.79. The maximum absolute atomic E-state index is 12.4. The molecule has 0 spiro atoms. The largest absolute Gasteiger partial charge is 0.396 e. The maximum atomic E-state index is 12.4. The van der Waals surface area contributed by atoms with E-state index in [1.54, 1.807) is 0 Å². The minimum atomic E-state index is -0.184. The number of aryl methyl sites for hydroxylation is 1. The molecular weight excluding hydrogens is 362 g/mol. The topological polar surface area (TPSA) is 64.6 Å². The van der Waals surface area contributed by atoms with Gasteiger partial charge in [-0.2, -0.15) is 0 Å².